The van der Waals surface area contributed by atoms with E-state index in [2.05, 4.69) is 27.5 Å². The van der Waals surface area contributed by atoms with Crippen LogP contribution in [-0.4, -0.2) is 43.7 Å². The second-order valence-electron chi connectivity index (χ2n) is 4.16. The summed E-state index contributed by atoms with van der Waals surface area (Å²) in [7, 11) is 2.22. The number of ether oxygens (including phenoxy) is 1. The van der Waals surface area contributed by atoms with Crippen molar-refractivity contribution in [3.05, 3.63) is 12.7 Å². The number of nitrogens with zero attached hydrogens (tertiary/aromatic N) is 1. The number of carbonyl (C=O) groups is 1. The minimum Gasteiger partial charge on any atom is -1.00 e. The van der Waals surface area contributed by atoms with Crippen molar-refractivity contribution in [1.82, 2.24) is 0 Å². The average Bonchev–Trinajstić information content (AvgIpc) is 2.18. The number of hydrogen-bond donors (Lipinski definition) is 0. The smallest absolute Gasteiger partial charge is 0.330 e. The Hall–Kier alpha value is -0.540. The van der Waals surface area contributed by atoms with Crippen LogP contribution in [0.4, 0.5) is 0 Å². The predicted molar refractivity (Wildman–Crippen MR) is 62.5 cm³/mol. The van der Waals surface area contributed by atoms with E-state index in [1.807, 2.05) is 0 Å². The van der Waals surface area contributed by atoms with Gasteiger partial charge in [-0.15, -0.1) is 0 Å². The van der Waals surface area contributed by atoms with Gasteiger partial charge in [-0.25, -0.2) is 4.79 Å². The standard InChI is InChI=1S/C12H24NO2.ClH/c1-5-8-13(4,9-6-2)10-11-15-12(14)7-3;/h7H,3,5-6,8-11H2,1-2,4H3;1H/q+1;/p-1. The van der Waals surface area contributed by atoms with Crippen LogP contribution in [0.3, 0.4) is 0 Å². The molecule has 4 heteroatoms. The zero-order chi connectivity index (χ0) is 11.7. The maximum Gasteiger partial charge on any atom is 0.330 e. The summed E-state index contributed by atoms with van der Waals surface area (Å²) in [6.07, 6.45) is 3.53. The lowest BCUT2D eigenvalue weighted by Crippen LogP contribution is -3.00. The summed E-state index contributed by atoms with van der Waals surface area (Å²) in [5.74, 6) is -0.324. The Morgan fingerprint density at radius 3 is 2.12 bits per heavy atom. The van der Waals surface area contributed by atoms with E-state index >= 15 is 0 Å². The number of halogens is 1. The normalized spacial score (nSPS) is 10.4. The lowest BCUT2D eigenvalue weighted by Gasteiger charge is -2.33. The Morgan fingerprint density at radius 2 is 1.75 bits per heavy atom. The largest absolute Gasteiger partial charge is 1.00 e. The van der Waals surface area contributed by atoms with Crippen LogP contribution in [-0.2, 0) is 9.53 Å². The minimum atomic E-state index is -0.324. The Morgan fingerprint density at radius 1 is 1.25 bits per heavy atom. The maximum atomic E-state index is 10.9. The van der Waals surface area contributed by atoms with Crippen molar-refractivity contribution in [2.75, 3.05) is 33.3 Å². The van der Waals surface area contributed by atoms with Crippen LogP contribution in [0.25, 0.3) is 0 Å². The lowest BCUT2D eigenvalue weighted by atomic mass is 10.3. The van der Waals surface area contributed by atoms with Crippen LogP contribution in [0.2, 0.25) is 0 Å². The van der Waals surface area contributed by atoms with E-state index < -0.39 is 0 Å². The highest BCUT2D eigenvalue weighted by Gasteiger charge is 2.19. The fourth-order valence-electron chi connectivity index (χ4n) is 1.84. The van der Waals surface area contributed by atoms with E-state index in [4.69, 9.17) is 4.74 Å². The molecule has 0 N–H and O–H groups in total. The highest BCUT2D eigenvalue weighted by molar-refractivity contribution is 5.81. The molecule has 0 saturated carbocycles. The van der Waals surface area contributed by atoms with Crippen LogP contribution in [0.15, 0.2) is 12.7 Å². The molecule has 0 aromatic carbocycles. The molecule has 16 heavy (non-hydrogen) atoms. The van der Waals surface area contributed by atoms with Crippen LogP contribution in [0, 0.1) is 0 Å². The minimum absolute atomic E-state index is 0. The second-order valence-corrected chi connectivity index (χ2v) is 4.16. The fraction of sp³-hybridized carbons (Fsp3) is 0.750. The molecule has 0 amide bonds. The van der Waals surface area contributed by atoms with E-state index in [0.29, 0.717) is 6.61 Å². The Labute approximate surface area is 105 Å². The average molecular weight is 250 g/mol. The zero-order valence-corrected chi connectivity index (χ0v) is 11.4. The molecule has 0 saturated heterocycles. The van der Waals surface area contributed by atoms with Crippen LogP contribution in [0.5, 0.6) is 0 Å². The highest BCUT2D eigenvalue weighted by atomic mass is 35.5. The molecule has 0 radical (unpaired) electrons. The molecule has 0 heterocycles. The number of esters is 1. The van der Waals surface area contributed by atoms with E-state index in [1.54, 1.807) is 0 Å². The number of likely N-dealkylation sites (N-methyl/N-ethyl adjacent to an activating group) is 1. The first-order valence-electron chi connectivity index (χ1n) is 5.70. The lowest BCUT2D eigenvalue weighted by molar-refractivity contribution is -0.909. The number of quaternary nitrogens is 1. The third-order valence-corrected chi connectivity index (χ3v) is 2.57. The summed E-state index contributed by atoms with van der Waals surface area (Å²) in [5, 5.41) is 0. The summed E-state index contributed by atoms with van der Waals surface area (Å²) in [6, 6.07) is 0. The topological polar surface area (TPSA) is 26.3 Å². The molecule has 0 aliphatic rings. The molecule has 0 aliphatic heterocycles. The van der Waals surface area contributed by atoms with Crippen LogP contribution in [0.1, 0.15) is 26.7 Å². The Balaban J connectivity index is 0. The predicted octanol–water partition coefficient (Wildman–Crippen LogP) is -1.01. The molecule has 0 aromatic rings. The molecule has 0 atom stereocenters. The van der Waals surface area contributed by atoms with Gasteiger partial charge in [0.05, 0.1) is 20.1 Å². The summed E-state index contributed by atoms with van der Waals surface area (Å²) < 4.78 is 5.99. The van der Waals surface area contributed by atoms with Gasteiger partial charge in [-0.3, -0.25) is 0 Å². The molecule has 0 aliphatic carbocycles. The van der Waals surface area contributed by atoms with Gasteiger partial charge in [0.1, 0.15) is 13.2 Å². The molecule has 0 aromatic heterocycles. The highest BCUT2D eigenvalue weighted by Crippen LogP contribution is 2.05. The fourth-order valence-corrected chi connectivity index (χ4v) is 1.84. The Kier molecular flexibility index (Phi) is 10.8. The van der Waals surface area contributed by atoms with Gasteiger partial charge in [-0.05, 0) is 12.8 Å². The van der Waals surface area contributed by atoms with Crippen LogP contribution >= 0.6 is 0 Å². The molecular weight excluding hydrogens is 226 g/mol. The van der Waals surface area contributed by atoms with E-state index in [0.717, 1.165) is 37.0 Å². The molecular formula is C12H24ClNO2. The van der Waals surface area contributed by atoms with E-state index in [9.17, 15) is 4.79 Å². The first-order chi connectivity index (χ1) is 7.08. The van der Waals surface area contributed by atoms with Crippen molar-refractivity contribution in [3.8, 4) is 0 Å². The van der Waals surface area contributed by atoms with Crippen LogP contribution < -0.4 is 12.4 Å². The molecule has 0 spiro atoms. The summed E-state index contributed by atoms with van der Waals surface area (Å²) in [4.78, 5) is 10.9. The third kappa shape index (κ3) is 7.71. The SMILES string of the molecule is C=CC(=O)OCC[N+](C)(CCC)CCC.[Cl-]. The molecule has 0 bridgehead atoms. The molecule has 0 unspecified atom stereocenters. The van der Waals surface area contributed by atoms with Gasteiger partial charge >= 0.3 is 5.97 Å². The first-order valence-corrected chi connectivity index (χ1v) is 5.70. The summed E-state index contributed by atoms with van der Waals surface area (Å²) in [6.45, 7) is 11.4. The maximum absolute atomic E-state index is 10.9. The molecule has 96 valence electrons. The van der Waals surface area contributed by atoms with Crippen molar-refractivity contribution in [2.45, 2.75) is 26.7 Å². The van der Waals surface area contributed by atoms with Gasteiger partial charge in [-0.1, -0.05) is 20.4 Å². The van der Waals surface area contributed by atoms with Crippen molar-refractivity contribution >= 4 is 5.97 Å². The summed E-state index contributed by atoms with van der Waals surface area (Å²) in [5.41, 5.74) is 0. The number of rotatable bonds is 8. The number of hydrogen-bond acceptors (Lipinski definition) is 2. The van der Waals surface area contributed by atoms with E-state index in [1.165, 1.54) is 6.08 Å². The monoisotopic (exact) mass is 249 g/mol. The second kappa shape index (κ2) is 9.67. The van der Waals surface area contributed by atoms with Gasteiger partial charge in [0.2, 0.25) is 0 Å². The first kappa shape index (κ1) is 17.8. The van der Waals surface area contributed by atoms with Gasteiger partial charge in [0, 0.05) is 6.08 Å². The van der Waals surface area contributed by atoms with Gasteiger partial charge in [0.25, 0.3) is 0 Å². The van der Waals surface area contributed by atoms with Crippen molar-refractivity contribution in [3.63, 3.8) is 0 Å². The molecule has 3 nitrogen and oxygen atoms in total. The van der Waals surface area contributed by atoms with Gasteiger partial charge in [-0.2, -0.15) is 0 Å². The van der Waals surface area contributed by atoms with Gasteiger partial charge < -0.3 is 21.6 Å². The van der Waals surface area contributed by atoms with Gasteiger partial charge in [0.15, 0.2) is 0 Å². The third-order valence-electron chi connectivity index (χ3n) is 2.57. The van der Waals surface area contributed by atoms with Crippen molar-refractivity contribution in [1.29, 1.82) is 0 Å². The molecule has 0 rings (SSSR count). The quantitative estimate of drug-likeness (QED) is 0.313. The molecule has 0 fully saturated rings. The Bertz CT molecular complexity index is 201. The number of carbonyl (C=O) groups excluding carboxylic acids is 1. The summed E-state index contributed by atoms with van der Waals surface area (Å²) >= 11 is 0. The van der Waals surface area contributed by atoms with Crippen molar-refractivity contribution < 1.29 is 26.4 Å². The van der Waals surface area contributed by atoms with Crippen molar-refractivity contribution in [2.24, 2.45) is 0 Å². The zero-order valence-electron chi connectivity index (χ0n) is 10.7. The van der Waals surface area contributed by atoms with E-state index in [-0.39, 0.29) is 18.4 Å².